The van der Waals surface area contributed by atoms with E-state index in [9.17, 15) is 9.59 Å². The third-order valence-electron chi connectivity index (χ3n) is 5.41. The zero-order valence-electron chi connectivity index (χ0n) is 17.5. The molecule has 1 N–H and O–H groups in total. The van der Waals surface area contributed by atoms with Crippen LogP contribution in [0.15, 0.2) is 64.5 Å². The van der Waals surface area contributed by atoms with E-state index in [4.69, 9.17) is 9.72 Å². The number of carbonyl (C=O) groups is 1. The van der Waals surface area contributed by atoms with Crippen LogP contribution < -0.4 is 15.6 Å². The normalized spacial score (nSPS) is 12.7. The number of thiophene rings is 1. The fourth-order valence-corrected chi connectivity index (χ4v) is 6.07. The maximum atomic E-state index is 13.6. The molecular formula is C24H21N3O3S2. The quantitative estimate of drug-likeness (QED) is 0.332. The average molecular weight is 464 g/mol. The number of nitrogens with zero attached hydrogens (tertiary/aromatic N) is 2. The van der Waals surface area contributed by atoms with Crippen LogP contribution >= 0.6 is 23.1 Å². The van der Waals surface area contributed by atoms with Gasteiger partial charge in [0.1, 0.15) is 10.6 Å². The zero-order chi connectivity index (χ0) is 22.1. The van der Waals surface area contributed by atoms with Crippen molar-refractivity contribution >= 4 is 44.9 Å². The van der Waals surface area contributed by atoms with Gasteiger partial charge in [0.2, 0.25) is 5.91 Å². The van der Waals surface area contributed by atoms with E-state index in [-0.39, 0.29) is 17.2 Å². The van der Waals surface area contributed by atoms with E-state index >= 15 is 0 Å². The van der Waals surface area contributed by atoms with Crippen molar-refractivity contribution in [2.75, 3.05) is 18.2 Å². The van der Waals surface area contributed by atoms with Crippen LogP contribution in [0.3, 0.4) is 0 Å². The summed E-state index contributed by atoms with van der Waals surface area (Å²) in [7, 11) is 1.59. The second-order valence-corrected chi connectivity index (χ2v) is 9.50. The van der Waals surface area contributed by atoms with Crippen molar-refractivity contribution in [1.82, 2.24) is 9.55 Å². The Morgan fingerprint density at radius 3 is 2.84 bits per heavy atom. The van der Waals surface area contributed by atoms with E-state index in [0.29, 0.717) is 16.6 Å². The van der Waals surface area contributed by atoms with Gasteiger partial charge in [-0.3, -0.25) is 14.2 Å². The van der Waals surface area contributed by atoms with Crippen LogP contribution in [0.4, 0.5) is 5.69 Å². The van der Waals surface area contributed by atoms with Gasteiger partial charge in [-0.2, -0.15) is 0 Å². The number of ether oxygens (including phenoxy) is 1. The number of amides is 1. The molecule has 0 aliphatic heterocycles. The van der Waals surface area contributed by atoms with Crippen LogP contribution in [0.25, 0.3) is 15.9 Å². The second kappa shape index (κ2) is 8.80. The number of para-hydroxylation sites is 1. The Balaban J connectivity index is 1.47. The third kappa shape index (κ3) is 3.91. The standard InChI is InChI=1S/C24H21N3O3S2/c1-30-17-10-5-7-15(13-17)25-20(28)14-31-24-26-22-21(18-11-6-12-19(18)32-22)23(29)27(24)16-8-3-2-4-9-16/h2-5,7-10,13H,6,11-12,14H2,1H3,(H,25,28). The van der Waals surface area contributed by atoms with Crippen LogP contribution in [-0.4, -0.2) is 28.3 Å². The monoisotopic (exact) mass is 463 g/mol. The zero-order valence-corrected chi connectivity index (χ0v) is 19.1. The first-order valence-electron chi connectivity index (χ1n) is 10.3. The first-order valence-corrected chi connectivity index (χ1v) is 12.1. The van der Waals surface area contributed by atoms with Gasteiger partial charge >= 0.3 is 0 Å². The largest absolute Gasteiger partial charge is 0.497 e. The number of hydrogen-bond donors (Lipinski definition) is 1. The Morgan fingerprint density at radius 1 is 1.19 bits per heavy atom. The summed E-state index contributed by atoms with van der Waals surface area (Å²) in [6, 6.07) is 16.7. The number of benzene rings is 2. The van der Waals surface area contributed by atoms with Crippen molar-refractivity contribution in [2.24, 2.45) is 0 Å². The molecule has 0 spiro atoms. The summed E-state index contributed by atoms with van der Waals surface area (Å²) in [6.07, 6.45) is 3.02. The molecule has 8 heteroatoms. The molecule has 1 aliphatic rings. The topological polar surface area (TPSA) is 73.2 Å². The molecule has 162 valence electrons. The van der Waals surface area contributed by atoms with E-state index in [1.165, 1.54) is 16.6 Å². The molecule has 0 bridgehead atoms. The molecule has 32 heavy (non-hydrogen) atoms. The molecule has 0 fully saturated rings. The highest BCUT2D eigenvalue weighted by atomic mass is 32.2. The van der Waals surface area contributed by atoms with Gasteiger partial charge in [0, 0.05) is 16.6 Å². The van der Waals surface area contributed by atoms with E-state index in [0.717, 1.165) is 40.7 Å². The van der Waals surface area contributed by atoms with Gasteiger partial charge in [0.15, 0.2) is 5.16 Å². The summed E-state index contributed by atoms with van der Waals surface area (Å²) in [5.41, 5.74) is 2.50. The minimum absolute atomic E-state index is 0.0590. The van der Waals surface area contributed by atoms with Gasteiger partial charge in [-0.25, -0.2) is 4.98 Å². The number of thioether (sulfide) groups is 1. The molecule has 6 nitrogen and oxygen atoms in total. The highest BCUT2D eigenvalue weighted by molar-refractivity contribution is 7.99. The van der Waals surface area contributed by atoms with Crippen molar-refractivity contribution in [3.8, 4) is 11.4 Å². The Kier molecular flexibility index (Phi) is 5.71. The van der Waals surface area contributed by atoms with Crippen LogP contribution in [0.1, 0.15) is 16.9 Å². The van der Waals surface area contributed by atoms with Gasteiger partial charge in [-0.05, 0) is 49.1 Å². The Morgan fingerprint density at radius 2 is 2.03 bits per heavy atom. The lowest BCUT2D eigenvalue weighted by Gasteiger charge is -2.12. The molecule has 1 amide bonds. The predicted octanol–water partition coefficient (Wildman–Crippen LogP) is 4.68. The molecule has 0 saturated carbocycles. The summed E-state index contributed by atoms with van der Waals surface area (Å²) in [5.74, 6) is 0.629. The van der Waals surface area contributed by atoms with Gasteiger partial charge in [-0.15, -0.1) is 11.3 Å². The van der Waals surface area contributed by atoms with Crippen molar-refractivity contribution in [3.63, 3.8) is 0 Å². The number of aryl methyl sites for hydroxylation is 2. The van der Waals surface area contributed by atoms with Gasteiger partial charge < -0.3 is 10.1 Å². The molecule has 5 rings (SSSR count). The van der Waals surface area contributed by atoms with Crippen LogP contribution in [0, 0.1) is 0 Å². The molecule has 4 aromatic rings. The lowest BCUT2D eigenvalue weighted by atomic mass is 10.2. The van der Waals surface area contributed by atoms with Crippen molar-refractivity contribution in [2.45, 2.75) is 24.4 Å². The maximum absolute atomic E-state index is 13.6. The lowest BCUT2D eigenvalue weighted by molar-refractivity contribution is -0.113. The number of aromatic nitrogens is 2. The van der Waals surface area contributed by atoms with Gasteiger partial charge in [0.05, 0.1) is 23.9 Å². The molecule has 2 aromatic heterocycles. The van der Waals surface area contributed by atoms with Gasteiger partial charge in [-0.1, -0.05) is 36.0 Å². The van der Waals surface area contributed by atoms with Crippen LogP contribution in [0.5, 0.6) is 5.75 Å². The number of anilines is 1. The Labute approximate surface area is 193 Å². The average Bonchev–Trinajstić information content (AvgIpc) is 3.39. The molecule has 0 saturated heterocycles. The number of rotatable bonds is 6. The van der Waals surface area contributed by atoms with Crippen LogP contribution in [-0.2, 0) is 17.6 Å². The first kappa shape index (κ1) is 20.8. The van der Waals surface area contributed by atoms with Gasteiger partial charge in [0.25, 0.3) is 5.56 Å². The minimum Gasteiger partial charge on any atom is -0.497 e. The summed E-state index contributed by atoms with van der Waals surface area (Å²) < 4.78 is 6.84. The van der Waals surface area contributed by atoms with Crippen LogP contribution in [0.2, 0.25) is 0 Å². The highest BCUT2D eigenvalue weighted by Gasteiger charge is 2.24. The first-order chi connectivity index (χ1) is 15.6. The Hall–Kier alpha value is -3.10. The third-order valence-corrected chi connectivity index (χ3v) is 7.53. The lowest BCUT2D eigenvalue weighted by Crippen LogP contribution is -2.23. The number of carbonyl (C=O) groups excluding carboxylic acids is 1. The fourth-order valence-electron chi connectivity index (χ4n) is 3.95. The summed E-state index contributed by atoms with van der Waals surface area (Å²) in [4.78, 5) is 33.0. The van der Waals surface area contributed by atoms with E-state index in [2.05, 4.69) is 5.32 Å². The number of hydrogen-bond acceptors (Lipinski definition) is 6. The number of methoxy groups -OCH3 is 1. The molecular weight excluding hydrogens is 442 g/mol. The molecule has 0 radical (unpaired) electrons. The molecule has 1 aliphatic carbocycles. The van der Waals surface area contributed by atoms with Crippen molar-refractivity contribution < 1.29 is 9.53 Å². The van der Waals surface area contributed by atoms with Crippen molar-refractivity contribution in [3.05, 3.63) is 75.4 Å². The Bertz CT molecular complexity index is 1360. The molecule has 0 atom stereocenters. The number of fused-ring (bicyclic) bond motifs is 3. The number of nitrogens with one attached hydrogen (secondary N) is 1. The smallest absolute Gasteiger partial charge is 0.267 e. The molecule has 2 aromatic carbocycles. The maximum Gasteiger partial charge on any atom is 0.267 e. The fraction of sp³-hybridized carbons (Fsp3) is 0.208. The van der Waals surface area contributed by atoms with E-state index < -0.39 is 0 Å². The van der Waals surface area contributed by atoms with E-state index in [1.807, 2.05) is 48.5 Å². The SMILES string of the molecule is COc1cccc(NC(=O)CSc2nc3sc4c(c3c(=O)n2-c2ccccc2)CCC4)c1. The molecule has 2 heterocycles. The second-order valence-electron chi connectivity index (χ2n) is 7.48. The van der Waals surface area contributed by atoms with Crippen molar-refractivity contribution in [1.29, 1.82) is 0 Å². The molecule has 0 unspecified atom stereocenters. The summed E-state index contributed by atoms with van der Waals surface area (Å²) in [5, 5.41) is 4.13. The minimum atomic E-state index is -0.175. The highest BCUT2D eigenvalue weighted by Crippen LogP contribution is 2.36. The van der Waals surface area contributed by atoms with E-state index in [1.54, 1.807) is 29.1 Å². The predicted molar refractivity (Wildman–Crippen MR) is 130 cm³/mol. The summed E-state index contributed by atoms with van der Waals surface area (Å²) in [6.45, 7) is 0. The summed E-state index contributed by atoms with van der Waals surface area (Å²) >= 11 is 2.87.